The predicted molar refractivity (Wildman–Crippen MR) is 51.1 cm³/mol. The van der Waals surface area contributed by atoms with E-state index in [1.807, 2.05) is 0 Å². The molecule has 1 heterocycles. The molecule has 0 aromatic carbocycles. The van der Waals surface area contributed by atoms with Crippen molar-refractivity contribution in [1.82, 2.24) is 5.32 Å². The fourth-order valence-corrected chi connectivity index (χ4v) is 1.92. The average molecular weight is 197 g/mol. The summed E-state index contributed by atoms with van der Waals surface area (Å²) in [5, 5.41) is 13.5. The van der Waals surface area contributed by atoms with E-state index in [2.05, 4.69) is 5.32 Å². The van der Waals surface area contributed by atoms with Gasteiger partial charge in [0.25, 0.3) is 5.91 Å². The summed E-state index contributed by atoms with van der Waals surface area (Å²) in [5.74, 6) is 0.110. The van der Waals surface area contributed by atoms with Gasteiger partial charge in [-0.05, 0) is 19.3 Å². The van der Waals surface area contributed by atoms with Gasteiger partial charge in [0, 0.05) is 17.5 Å². The van der Waals surface area contributed by atoms with Gasteiger partial charge in [-0.15, -0.1) is 11.3 Å². The van der Waals surface area contributed by atoms with Crippen molar-refractivity contribution in [3.05, 3.63) is 16.3 Å². The van der Waals surface area contributed by atoms with Crippen LogP contribution < -0.4 is 5.32 Å². The van der Waals surface area contributed by atoms with Crippen molar-refractivity contribution >= 4 is 17.2 Å². The number of carbonyl (C=O) groups is 1. The first kappa shape index (κ1) is 8.56. The van der Waals surface area contributed by atoms with E-state index < -0.39 is 0 Å². The van der Waals surface area contributed by atoms with Crippen molar-refractivity contribution < 1.29 is 9.90 Å². The molecular weight excluding hydrogens is 186 g/mol. The third-order valence-electron chi connectivity index (χ3n) is 2.25. The highest BCUT2D eigenvalue weighted by molar-refractivity contribution is 7.12. The maximum atomic E-state index is 11.4. The van der Waals surface area contributed by atoms with Crippen molar-refractivity contribution in [2.75, 3.05) is 0 Å². The Morgan fingerprint density at radius 3 is 2.85 bits per heavy atom. The molecule has 1 aromatic rings. The van der Waals surface area contributed by atoms with E-state index in [-0.39, 0.29) is 11.7 Å². The second-order valence-corrected chi connectivity index (χ2v) is 4.18. The molecule has 3 nitrogen and oxygen atoms in total. The smallest absolute Gasteiger partial charge is 0.261 e. The molecule has 1 saturated carbocycles. The van der Waals surface area contributed by atoms with Crippen LogP contribution >= 0.6 is 11.3 Å². The van der Waals surface area contributed by atoms with Crippen LogP contribution in [0.2, 0.25) is 0 Å². The molecule has 4 heteroatoms. The molecule has 0 spiro atoms. The quantitative estimate of drug-likeness (QED) is 0.758. The molecule has 0 saturated heterocycles. The Morgan fingerprint density at radius 2 is 2.38 bits per heavy atom. The molecule has 1 aliphatic carbocycles. The molecule has 1 aromatic heterocycles. The van der Waals surface area contributed by atoms with Crippen LogP contribution in [0.3, 0.4) is 0 Å². The lowest BCUT2D eigenvalue weighted by Gasteiger charge is -2.25. The number of rotatable bonds is 2. The summed E-state index contributed by atoms with van der Waals surface area (Å²) < 4.78 is 0. The van der Waals surface area contributed by atoms with E-state index in [9.17, 15) is 4.79 Å². The highest BCUT2D eigenvalue weighted by Crippen LogP contribution is 2.22. The molecule has 2 N–H and O–H groups in total. The number of carbonyl (C=O) groups excluding carboxylic acids is 1. The second kappa shape index (κ2) is 3.38. The molecule has 1 fully saturated rings. The number of thiophene rings is 1. The Morgan fingerprint density at radius 1 is 1.62 bits per heavy atom. The summed E-state index contributed by atoms with van der Waals surface area (Å²) in [4.78, 5) is 12.0. The average Bonchev–Trinajstić information content (AvgIpc) is 2.44. The van der Waals surface area contributed by atoms with Gasteiger partial charge in [-0.3, -0.25) is 4.79 Å². The molecule has 1 amide bonds. The summed E-state index contributed by atoms with van der Waals surface area (Å²) >= 11 is 1.27. The standard InChI is InChI=1S/C9H11NO2S/c11-7-4-8(13-5-7)9(12)10-6-2-1-3-6/h4-6,11H,1-3H2,(H,10,12). The number of hydrogen-bond donors (Lipinski definition) is 2. The molecule has 0 atom stereocenters. The largest absolute Gasteiger partial charge is 0.507 e. The minimum absolute atomic E-state index is 0.0602. The van der Waals surface area contributed by atoms with Crippen LogP contribution in [0.15, 0.2) is 11.4 Å². The van der Waals surface area contributed by atoms with Crippen molar-refractivity contribution in [2.45, 2.75) is 25.3 Å². The van der Waals surface area contributed by atoms with Gasteiger partial charge in [0.05, 0.1) is 4.88 Å². The molecule has 70 valence electrons. The number of aromatic hydroxyl groups is 1. The van der Waals surface area contributed by atoms with Crippen LogP contribution in [0.4, 0.5) is 0 Å². The second-order valence-electron chi connectivity index (χ2n) is 3.27. The van der Waals surface area contributed by atoms with Crippen molar-refractivity contribution in [1.29, 1.82) is 0 Å². The van der Waals surface area contributed by atoms with Gasteiger partial charge >= 0.3 is 0 Å². The lowest BCUT2D eigenvalue weighted by atomic mass is 9.93. The Balaban J connectivity index is 1.96. The maximum absolute atomic E-state index is 11.4. The molecule has 0 bridgehead atoms. The van der Waals surface area contributed by atoms with Crippen LogP contribution in [0, 0.1) is 0 Å². The fraction of sp³-hybridized carbons (Fsp3) is 0.444. The molecule has 2 rings (SSSR count). The summed E-state index contributed by atoms with van der Waals surface area (Å²) in [6.45, 7) is 0. The molecule has 0 unspecified atom stereocenters. The third-order valence-corrected chi connectivity index (χ3v) is 3.17. The van der Waals surface area contributed by atoms with Crippen LogP contribution in [0.5, 0.6) is 5.75 Å². The van der Waals surface area contributed by atoms with Crippen molar-refractivity contribution in [2.24, 2.45) is 0 Å². The van der Waals surface area contributed by atoms with Gasteiger partial charge < -0.3 is 10.4 Å². The Kier molecular flexibility index (Phi) is 2.22. The van der Waals surface area contributed by atoms with Gasteiger partial charge in [-0.25, -0.2) is 0 Å². The van der Waals surface area contributed by atoms with E-state index in [1.165, 1.54) is 23.8 Å². The van der Waals surface area contributed by atoms with Crippen LogP contribution in [-0.2, 0) is 0 Å². The zero-order valence-electron chi connectivity index (χ0n) is 7.12. The zero-order valence-corrected chi connectivity index (χ0v) is 7.93. The number of nitrogens with one attached hydrogen (secondary N) is 1. The minimum atomic E-state index is -0.0602. The predicted octanol–water partition coefficient (Wildman–Crippen LogP) is 1.74. The van der Waals surface area contributed by atoms with E-state index in [0.29, 0.717) is 10.9 Å². The molecule has 1 aliphatic rings. The van der Waals surface area contributed by atoms with Gasteiger partial charge in [-0.1, -0.05) is 0 Å². The van der Waals surface area contributed by atoms with Gasteiger partial charge in [0.15, 0.2) is 0 Å². The Hall–Kier alpha value is -1.03. The van der Waals surface area contributed by atoms with Gasteiger partial charge in [0.1, 0.15) is 5.75 Å². The summed E-state index contributed by atoms with van der Waals surface area (Å²) in [5.41, 5.74) is 0. The number of amides is 1. The van der Waals surface area contributed by atoms with Gasteiger partial charge in [-0.2, -0.15) is 0 Å². The van der Waals surface area contributed by atoms with E-state index in [0.717, 1.165) is 12.8 Å². The monoisotopic (exact) mass is 197 g/mol. The topological polar surface area (TPSA) is 49.3 Å². The molecule has 13 heavy (non-hydrogen) atoms. The highest BCUT2D eigenvalue weighted by atomic mass is 32.1. The Bertz CT molecular complexity index is 317. The fourth-order valence-electron chi connectivity index (χ4n) is 1.25. The maximum Gasteiger partial charge on any atom is 0.261 e. The summed E-state index contributed by atoms with van der Waals surface area (Å²) in [6, 6.07) is 1.86. The van der Waals surface area contributed by atoms with E-state index in [4.69, 9.17) is 5.11 Å². The number of hydrogen-bond acceptors (Lipinski definition) is 3. The van der Waals surface area contributed by atoms with E-state index >= 15 is 0 Å². The van der Waals surface area contributed by atoms with Gasteiger partial charge in [0.2, 0.25) is 0 Å². The lowest BCUT2D eigenvalue weighted by Crippen LogP contribution is -2.39. The first-order valence-corrected chi connectivity index (χ1v) is 5.22. The molecule has 0 aliphatic heterocycles. The van der Waals surface area contributed by atoms with Crippen LogP contribution in [-0.4, -0.2) is 17.1 Å². The first-order chi connectivity index (χ1) is 6.25. The molecule has 0 radical (unpaired) electrons. The normalized spacial score (nSPS) is 16.6. The summed E-state index contributed by atoms with van der Waals surface area (Å²) in [6.07, 6.45) is 3.38. The van der Waals surface area contributed by atoms with Crippen LogP contribution in [0.1, 0.15) is 28.9 Å². The lowest BCUT2D eigenvalue weighted by molar-refractivity contribution is 0.0921. The minimum Gasteiger partial charge on any atom is -0.507 e. The van der Waals surface area contributed by atoms with Crippen molar-refractivity contribution in [3.63, 3.8) is 0 Å². The van der Waals surface area contributed by atoms with E-state index in [1.54, 1.807) is 5.38 Å². The Labute approximate surface area is 80.4 Å². The van der Waals surface area contributed by atoms with Crippen molar-refractivity contribution in [3.8, 4) is 5.75 Å². The zero-order chi connectivity index (χ0) is 9.26. The third kappa shape index (κ3) is 1.83. The summed E-state index contributed by atoms with van der Waals surface area (Å²) in [7, 11) is 0. The SMILES string of the molecule is O=C(NC1CCC1)c1cc(O)cs1. The molecular formula is C9H11NO2S. The van der Waals surface area contributed by atoms with Crippen LogP contribution in [0.25, 0.3) is 0 Å². The highest BCUT2D eigenvalue weighted by Gasteiger charge is 2.20. The first-order valence-electron chi connectivity index (χ1n) is 4.34.